The number of halogens is 4. The van der Waals surface area contributed by atoms with Crippen molar-refractivity contribution in [2.75, 3.05) is 29.2 Å². The Balaban J connectivity index is 0.000000160. The molecule has 0 unspecified atom stereocenters. The Morgan fingerprint density at radius 1 is 0.485 bits per heavy atom. The lowest BCUT2D eigenvalue weighted by Crippen LogP contribution is -2.21. The second kappa shape index (κ2) is 37.7. The van der Waals surface area contributed by atoms with Crippen LogP contribution in [0.1, 0.15) is 73.7 Å². The van der Waals surface area contributed by atoms with Gasteiger partial charge in [0.15, 0.2) is 18.7 Å². The number of carboxylic acids is 4. The summed E-state index contributed by atoms with van der Waals surface area (Å²) in [4.78, 5) is 110. The third kappa shape index (κ3) is 22.0. The molecule has 12 aromatic rings. The number of carbonyl (C=O) groups excluding carboxylic acids is 5. The maximum absolute atomic E-state index is 12.3. The average Bonchev–Trinajstić information content (AvgIpc) is 1.70. The zero-order chi connectivity index (χ0) is 73.5. The summed E-state index contributed by atoms with van der Waals surface area (Å²) in [6.45, 7) is -0.446. The number of hydrogen-bond acceptors (Lipinski definition) is 18. The van der Waals surface area contributed by atoms with Crippen molar-refractivity contribution in [1.82, 2.24) is 0 Å². The minimum atomic E-state index is -1.12. The zero-order valence-corrected chi connectivity index (χ0v) is 61.7. The van der Waals surface area contributed by atoms with E-state index in [0.717, 1.165) is 31.6 Å². The molecule has 12 rings (SSSR count). The van der Waals surface area contributed by atoms with Crippen molar-refractivity contribution in [3.8, 4) is 53.3 Å². The summed E-state index contributed by atoms with van der Waals surface area (Å²) in [6.07, 6.45) is 5.86. The second-order valence-corrected chi connectivity index (χ2v) is 28.9. The van der Waals surface area contributed by atoms with Gasteiger partial charge in [-0.15, -0.1) is 68.0 Å². The molecule has 0 aliphatic carbocycles. The Kier molecular flexibility index (Phi) is 28.2. The maximum Gasteiger partial charge on any atom is 0.339 e. The number of ketones is 1. The van der Waals surface area contributed by atoms with E-state index in [-0.39, 0.29) is 65.0 Å². The number of ether oxygens (including phenoxy) is 2. The molecule has 0 saturated carbocycles. The number of anilines is 3. The number of amides is 3. The summed E-state index contributed by atoms with van der Waals surface area (Å²) >= 11 is 28.9. The van der Waals surface area contributed by atoms with Crippen LogP contribution in [0.15, 0.2) is 211 Å². The minimum absolute atomic E-state index is 0.0467. The summed E-state index contributed by atoms with van der Waals surface area (Å²) in [5.41, 5.74) is 4.60. The van der Waals surface area contributed by atoms with Crippen LogP contribution in [0.4, 0.5) is 17.1 Å². The molecule has 5 aromatic carbocycles. The Morgan fingerprint density at radius 3 is 1.45 bits per heavy atom. The van der Waals surface area contributed by atoms with Gasteiger partial charge in [0.25, 0.3) is 5.91 Å². The highest BCUT2D eigenvalue weighted by molar-refractivity contribution is 9.10. The van der Waals surface area contributed by atoms with E-state index in [1.165, 1.54) is 75.1 Å². The number of Topliss-reactive ketones (excluding diaryl/α,β-unsaturated/α-hetero) is 1. The molecule has 0 bridgehead atoms. The molecule has 0 spiro atoms. The lowest BCUT2D eigenvalue weighted by Gasteiger charge is -2.08. The Morgan fingerprint density at radius 2 is 0.971 bits per heavy atom. The molecule has 7 N–H and O–H groups in total. The standard InChI is InChI=1S/C19H14ClNO4S.C19H13ClO5S2.C18H14BrNO3S2.C18H12ClNO4S/c20-13-8-6-12(7-9-13)18-17(19(23)24)15(11-26-18)21-16(22)10-25-14-4-2-1-3-5-14;20-13-3-1-11(2-4-13)18-17(19(23)24)12(10-27-18)7-14(22)9-25-15-5-6-26-16(15)8-21;2*19-12-5-3-11(4-6-12)17-16(18(22)23)14(10-25-17)20-15(21)8-7-13-2-1-9-24-13/h1-9,11H,10H2,(H,21,22)(H,23,24);1-6,8,10H,7,9H2,(H,23,24);1-6,9-10H,7-8H2,(H,20,21)(H,22,23);1-10H,(H,20,21)(H,22,23)/b;;;8-7+. The molecule has 0 aliphatic rings. The molecule has 0 atom stereocenters. The van der Waals surface area contributed by atoms with Crippen molar-refractivity contribution >= 4 is 196 Å². The van der Waals surface area contributed by atoms with E-state index in [2.05, 4.69) is 31.9 Å². The van der Waals surface area contributed by atoms with Gasteiger partial charge in [0, 0.05) is 64.4 Å². The van der Waals surface area contributed by atoms with Crippen molar-refractivity contribution in [2.24, 2.45) is 0 Å². The van der Waals surface area contributed by atoms with Gasteiger partial charge in [-0.2, -0.15) is 0 Å². The third-order valence-electron chi connectivity index (χ3n) is 14.1. The largest absolute Gasteiger partial charge is 0.484 e. The number of carboxylic acid groups (broad SMARTS) is 4. The van der Waals surface area contributed by atoms with Crippen LogP contribution >= 0.6 is 119 Å². The number of para-hydroxylation sites is 1. The fourth-order valence-electron chi connectivity index (χ4n) is 9.41. The molecular weight excluding hydrogens is 1570 g/mol. The molecular formula is C74H53BrCl3N3O16S6. The van der Waals surface area contributed by atoms with Gasteiger partial charge in [-0.05, 0) is 141 Å². The summed E-state index contributed by atoms with van der Waals surface area (Å²) < 4.78 is 16.8. The second-order valence-electron chi connectivity index (χ2n) is 21.2. The van der Waals surface area contributed by atoms with Gasteiger partial charge in [0.1, 0.15) is 45.4 Å². The van der Waals surface area contributed by atoms with E-state index in [4.69, 9.17) is 48.7 Å². The third-order valence-corrected chi connectivity index (χ3v) is 21.3. The molecule has 0 radical (unpaired) electrons. The molecule has 7 heterocycles. The predicted octanol–water partition coefficient (Wildman–Crippen LogP) is 20.1. The summed E-state index contributed by atoms with van der Waals surface area (Å²) in [5, 5.41) is 58.2. The normalized spacial score (nSPS) is 10.6. The van der Waals surface area contributed by atoms with Crippen molar-refractivity contribution in [3.63, 3.8) is 0 Å². The molecule has 0 fully saturated rings. The summed E-state index contributed by atoms with van der Waals surface area (Å²) in [6, 6.07) is 45.9. The topological polar surface area (TPSA) is 302 Å². The van der Waals surface area contributed by atoms with Crippen LogP contribution in [-0.2, 0) is 32.0 Å². The van der Waals surface area contributed by atoms with Crippen LogP contribution in [0.5, 0.6) is 11.5 Å². The fraction of sp³-hybridized carbons (Fsp3) is 0.0676. The molecule has 0 saturated heterocycles. The van der Waals surface area contributed by atoms with Crippen LogP contribution in [0.25, 0.3) is 47.8 Å². The zero-order valence-electron chi connectivity index (χ0n) is 53.0. The smallest absolute Gasteiger partial charge is 0.339 e. The number of aryl methyl sites for hydroxylation is 1. The van der Waals surface area contributed by atoms with Gasteiger partial charge in [0.05, 0.1) is 43.5 Å². The Labute approximate surface area is 634 Å². The monoisotopic (exact) mass is 1610 g/mol. The van der Waals surface area contributed by atoms with Gasteiger partial charge in [-0.1, -0.05) is 124 Å². The lowest BCUT2D eigenvalue weighted by atomic mass is 10.0. The average molecular weight is 1620 g/mol. The number of aldehydes is 1. The van der Waals surface area contributed by atoms with E-state index in [1.54, 1.807) is 153 Å². The fourth-order valence-corrected chi connectivity index (χ4v) is 15.5. The number of carbonyl (C=O) groups is 9. The highest BCUT2D eigenvalue weighted by Gasteiger charge is 2.26. The van der Waals surface area contributed by atoms with E-state index in [9.17, 15) is 63.6 Å². The van der Waals surface area contributed by atoms with Gasteiger partial charge in [-0.25, -0.2) is 19.2 Å². The summed E-state index contributed by atoms with van der Waals surface area (Å²) in [7, 11) is 0. The first kappa shape index (κ1) is 77.1. The first-order chi connectivity index (χ1) is 49.6. The van der Waals surface area contributed by atoms with Gasteiger partial charge in [0.2, 0.25) is 11.8 Å². The molecule has 29 heteroatoms. The highest BCUT2D eigenvalue weighted by atomic mass is 79.9. The first-order valence-electron chi connectivity index (χ1n) is 30.0. The molecule has 524 valence electrons. The molecule has 103 heavy (non-hydrogen) atoms. The van der Waals surface area contributed by atoms with Gasteiger partial charge < -0.3 is 50.3 Å². The summed E-state index contributed by atoms with van der Waals surface area (Å²) in [5.74, 6) is -4.26. The quantitative estimate of drug-likeness (QED) is 0.0207. The molecule has 19 nitrogen and oxygen atoms in total. The van der Waals surface area contributed by atoms with E-state index < -0.39 is 35.7 Å². The van der Waals surface area contributed by atoms with Crippen molar-refractivity contribution in [2.45, 2.75) is 19.3 Å². The van der Waals surface area contributed by atoms with Crippen LogP contribution in [0, 0.1) is 0 Å². The SMILES string of the molecule is O=C(/C=C/c1ccco1)Nc1csc(-c2ccc(Cl)cc2)c1C(=O)O.O=C(CCc1cccs1)Nc1csc(-c2ccc(Br)cc2)c1C(=O)O.O=C(COc1ccccc1)Nc1csc(-c2ccc(Cl)cc2)c1C(=O)O.O=Cc1sccc1OCC(=O)Cc1csc(-c2ccc(Cl)cc2)c1C(=O)O. The van der Waals surface area contributed by atoms with Crippen molar-refractivity contribution < 1.29 is 77.5 Å². The number of furan rings is 1. The number of thiophene rings is 6. The first-order valence-corrected chi connectivity index (χ1v) is 37.2. The van der Waals surface area contributed by atoms with E-state index in [0.29, 0.717) is 87.1 Å². The number of rotatable bonds is 25. The maximum atomic E-state index is 12.3. The highest BCUT2D eigenvalue weighted by Crippen LogP contribution is 2.40. The molecule has 7 aromatic heterocycles. The number of nitrogens with one attached hydrogen (secondary N) is 3. The van der Waals surface area contributed by atoms with Gasteiger partial charge >= 0.3 is 23.9 Å². The lowest BCUT2D eigenvalue weighted by molar-refractivity contribution is -0.120. The van der Waals surface area contributed by atoms with Crippen molar-refractivity contribution in [3.05, 3.63) is 265 Å². The van der Waals surface area contributed by atoms with E-state index >= 15 is 0 Å². The predicted molar refractivity (Wildman–Crippen MR) is 412 cm³/mol. The Hall–Kier alpha value is -10.1. The minimum Gasteiger partial charge on any atom is -0.484 e. The van der Waals surface area contributed by atoms with Crippen LogP contribution in [-0.4, -0.2) is 87.3 Å². The Bertz CT molecular complexity index is 4970. The molecule has 0 aliphatic heterocycles. The van der Waals surface area contributed by atoms with Crippen molar-refractivity contribution in [1.29, 1.82) is 0 Å². The van der Waals surface area contributed by atoms with E-state index in [1.807, 2.05) is 47.8 Å². The van der Waals surface area contributed by atoms with Crippen LogP contribution in [0.2, 0.25) is 15.1 Å². The van der Waals surface area contributed by atoms with Gasteiger partial charge in [-0.3, -0.25) is 24.0 Å². The van der Waals surface area contributed by atoms with Crippen LogP contribution in [0.3, 0.4) is 0 Å². The number of hydrogen-bond donors (Lipinski definition) is 7. The number of benzene rings is 5. The molecule has 3 amide bonds. The van der Waals surface area contributed by atoms with Crippen LogP contribution < -0.4 is 25.4 Å². The number of aromatic carboxylic acids is 4.